The van der Waals surface area contributed by atoms with Gasteiger partial charge in [0.2, 0.25) is 0 Å². The molecule has 74 valence electrons. The largest absolute Gasteiger partial charge is 0.246 e. The summed E-state index contributed by atoms with van der Waals surface area (Å²) in [5.74, 6) is 0.442. The van der Waals surface area contributed by atoms with Crippen molar-refractivity contribution in [2.75, 3.05) is 0 Å². The number of nitrogens with zero attached hydrogens (tertiary/aromatic N) is 5. The molecule has 0 aliphatic rings. The molecule has 0 bridgehead atoms. The third kappa shape index (κ3) is 1.95. The number of rotatable bonds is 3. The molecule has 0 unspecified atom stereocenters. The van der Waals surface area contributed by atoms with Gasteiger partial charge in [0.1, 0.15) is 22.7 Å². The smallest absolute Gasteiger partial charge is 0.139 e. The van der Waals surface area contributed by atoms with Crippen LogP contribution in [0.4, 0.5) is 0 Å². The van der Waals surface area contributed by atoms with Gasteiger partial charge >= 0.3 is 0 Å². The SMILES string of the molecule is CC(C)c1nnc(Cn2cncn2)s1. The Morgan fingerprint density at radius 2 is 2.29 bits per heavy atom. The zero-order chi connectivity index (χ0) is 9.97. The molecule has 0 atom stereocenters. The summed E-state index contributed by atoms with van der Waals surface area (Å²) in [5, 5.41) is 14.2. The molecule has 2 heterocycles. The van der Waals surface area contributed by atoms with Crippen LogP contribution in [0, 0.1) is 0 Å². The first-order valence-electron chi connectivity index (χ1n) is 4.40. The molecule has 0 saturated carbocycles. The van der Waals surface area contributed by atoms with Crippen LogP contribution in [0.5, 0.6) is 0 Å². The van der Waals surface area contributed by atoms with E-state index in [0.717, 1.165) is 10.0 Å². The first kappa shape index (κ1) is 9.26. The van der Waals surface area contributed by atoms with Crippen LogP contribution >= 0.6 is 11.3 Å². The van der Waals surface area contributed by atoms with Crippen molar-refractivity contribution in [3.63, 3.8) is 0 Å². The summed E-state index contributed by atoms with van der Waals surface area (Å²) in [5.41, 5.74) is 0. The molecule has 0 aromatic carbocycles. The summed E-state index contributed by atoms with van der Waals surface area (Å²) < 4.78 is 1.74. The van der Waals surface area contributed by atoms with Crippen LogP contribution in [0.25, 0.3) is 0 Å². The van der Waals surface area contributed by atoms with Crippen molar-refractivity contribution in [1.82, 2.24) is 25.0 Å². The van der Waals surface area contributed by atoms with Crippen LogP contribution in [0.3, 0.4) is 0 Å². The Balaban J connectivity index is 2.11. The Morgan fingerprint density at radius 3 is 2.86 bits per heavy atom. The van der Waals surface area contributed by atoms with E-state index in [9.17, 15) is 0 Å². The Hall–Kier alpha value is -1.30. The Bertz CT molecular complexity index is 392. The third-order valence-corrected chi connectivity index (χ3v) is 2.95. The molecule has 0 amide bonds. The predicted molar refractivity (Wildman–Crippen MR) is 53.1 cm³/mol. The maximum Gasteiger partial charge on any atom is 0.139 e. The van der Waals surface area contributed by atoms with Crippen LogP contribution in [0.2, 0.25) is 0 Å². The van der Waals surface area contributed by atoms with E-state index in [2.05, 4.69) is 34.1 Å². The minimum atomic E-state index is 0.442. The molecular weight excluding hydrogens is 198 g/mol. The van der Waals surface area contributed by atoms with Crippen molar-refractivity contribution < 1.29 is 0 Å². The fourth-order valence-corrected chi connectivity index (χ4v) is 1.85. The van der Waals surface area contributed by atoms with Gasteiger partial charge in [-0.2, -0.15) is 5.10 Å². The molecule has 2 aromatic heterocycles. The highest BCUT2D eigenvalue weighted by Crippen LogP contribution is 2.19. The lowest BCUT2D eigenvalue weighted by Crippen LogP contribution is -1.99. The first-order valence-corrected chi connectivity index (χ1v) is 5.22. The van der Waals surface area contributed by atoms with Gasteiger partial charge in [0.15, 0.2) is 0 Å². The van der Waals surface area contributed by atoms with E-state index in [4.69, 9.17) is 0 Å². The third-order valence-electron chi connectivity index (χ3n) is 1.74. The summed E-state index contributed by atoms with van der Waals surface area (Å²) in [6.45, 7) is 4.88. The zero-order valence-electron chi connectivity index (χ0n) is 8.08. The average Bonchev–Trinajstić information content (AvgIpc) is 2.75. The van der Waals surface area contributed by atoms with E-state index in [1.165, 1.54) is 6.33 Å². The number of aromatic nitrogens is 5. The minimum Gasteiger partial charge on any atom is -0.246 e. The van der Waals surface area contributed by atoms with Gasteiger partial charge in [0.05, 0.1) is 6.54 Å². The molecule has 0 N–H and O–H groups in total. The number of hydrogen-bond donors (Lipinski definition) is 0. The van der Waals surface area contributed by atoms with Crippen LogP contribution in [0.15, 0.2) is 12.7 Å². The van der Waals surface area contributed by atoms with Gasteiger partial charge in [-0.1, -0.05) is 25.2 Å². The molecule has 0 aliphatic carbocycles. The fourth-order valence-electron chi connectivity index (χ4n) is 1.02. The summed E-state index contributed by atoms with van der Waals surface area (Å²) >= 11 is 1.63. The van der Waals surface area contributed by atoms with Gasteiger partial charge in [-0.15, -0.1) is 10.2 Å². The lowest BCUT2D eigenvalue weighted by atomic mass is 10.2. The maximum absolute atomic E-state index is 4.10. The van der Waals surface area contributed by atoms with Crippen molar-refractivity contribution in [2.24, 2.45) is 0 Å². The molecule has 0 fully saturated rings. The van der Waals surface area contributed by atoms with Gasteiger partial charge in [-0.25, -0.2) is 9.67 Å². The van der Waals surface area contributed by atoms with E-state index < -0.39 is 0 Å². The van der Waals surface area contributed by atoms with E-state index in [0.29, 0.717) is 12.5 Å². The normalized spacial score (nSPS) is 11.1. The van der Waals surface area contributed by atoms with Crippen molar-refractivity contribution >= 4 is 11.3 Å². The van der Waals surface area contributed by atoms with Gasteiger partial charge in [0.25, 0.3) is 0 Å². The van der Waals surface area contributed by atoms with Crippen LogP contribution in [-0.2, 0) is 6.54 Å². The summed E-state index contributed by atoms with van der Waals surface area (Å²) in [7, 11) is 0. The second-order valence-corrected chi connectivity index (χ2v) is 4.38. The molecule has 0 spiro atoms. The monoisotopic (exact) mass is 209 g/mol. The second-order valence-electron chi connectivity index (χ2n) is 3.28. The standard InChI is InChI=1S/C8H11N5S/c1-6(2)8-12-11-7(14-8)3-13-5-9-4-10-13/h4-6H,3H2,1-2H3. The molecule has 0 saturated heterocycles. The van der Waals surface area contributed by atoms with Crippen LogP contribution < -0.4 is 0 Å². The van der Waals surface area contributed by atoms with Crippen molar-refractivity contribution in [3.8, 4) is 0 Å². The molecule has 6 heteroatoms. The highest BCUT2D eigenvalue weighted by molar-refractivity contribution is 7.11. The lowest BCUT2D eigenvalue weighted by Gasteiger charge is -1.94. The Kier molecular flexibility index (Phi) is 2.53. The van der Waals surface area contributed by atoms with Crippen molar-refractivity contribution in [2.45, 2.75) is 26.3 Å². The van der Waals surface area contributed by atoms with E-state index in [1.807, 2.05) is 0 Å². The van der Waals surface area contributed by atoms with Crippen LogP contribution in [-0.4, -0.2) is 25.0 Å². The Labute approximate surface area is 85.8 Å². The molecule has 2 rings (SSSR count). The number of hydrogen-bond acceptors (Lipinski definition) is 5. The zero-order valence-corrected chi connectivity index (χ0v) is 8.90. The first-order chi connectivity index (χ1) is 6.75. The molecular formula is C8H11N5S. The lowest BCUT2D eigenvalue weighted by molar-refractivity contribution is 0.674. The van der Waals surface area contributed by atoms with Crippen molar-refractivity contribution in [3.05, 3.63) is 22.7 Å². The maximum atomic E-state index is 4.10. The fraction of sp³-hybridized carbons (Fsp3) is 0.500. The summed E-state index contributed by atoms with van der Waals surface area (Å²) in [6, 6.07) is 0. The van der Waals surface area contributed by atoms with Gasteiger partial charge in [0, 0.05) is 5.92 Å². The topological polar surface area (TPSA) is 56.5 Å². The van der Waals surface area contributed by atoms with E-state index >= 15 is 0 Å². The summed E-state index contributed by atoms with van der Waals surface area (Å²) in [4.78, 5) is 3.87. The summed E-state index contributed by atoms with van der Waals surface area (Å²) in [6.07, 6.45) is 3.20. The molecule has 0 aliphatic heterocycles. The second kappa shape index (κ2) is 3.83. The van der Waals surface area contributed by atoms with Crippen LogP contribution in [0.1, 0.15) is 29.8 Å². The molecule has 2 aromatic rings. The predicted octanol–water partition coefficient (Wildman–Crippen LogP) is 1.30. The molecule has 0 radical (unpaired) electrons. The minimum absolute atomic E-state index is 0.442. The molecule has 5 nitrogen and oxygen atoms in total. The average molecular weight is 209 g/mol. The highest BCUT2D eigenvalue weighted by Gasteiger charge is 2.07. The Morgan fingerprint density at radius 1 is 1.43 bits per heavy atom. The molecule has 14 heavy (non-hydrogen) atoms. The highest BCUT2D eigenvalue weighted by atomic mass is 32.1. The van der Waals surface area contributed by atoms with Gasteiger partial charge < -0.3 is 0 Å². The van der Waals surface area contributed by atoms with E-state index in [-0.39, 0.29) is 0 Å². The van der Waals surface area contributed by atoms with Crippen molar-refractivity contribution in [1.29, 1.82) is 0 Å². The van der Waals surface area contributed by atoms with E-state index in [1.54, 1.807) is 22.3 Å². The van der Waals surface area contributed by atoms with Gasteiger partial charge in [-0.05, 0) is 0 Å². The van der Waals surface area contributed by atoms with Gasteiger partial charge in [-0.3, -0.25) is 0 Å². The quantitative estimate of drug-likeness (QED) is 0.764.